The quantitative estimate of drug-likeness (QED) is 0.164. The molecule has 1 aromatic heterocycles. The Balaban J connectivity index is 1.84. The van der Waals surface area contributed by atoms with Crippen molar-refractivity contribution < 1.29 is 23.8 Å². The Bertz CT molecular complexity index is 1140. The lowest BCUT2D eigenvalue weighted by molar-refractivity contribution is -0.387. The molecule has 0 saturated carbocycles. The third-order valence-electron chi connectivity index (χ3n) is 4.36. The predicted molar refractivity (Wildman–Crippen MR) is 112 cm³/mol. The zero-order chi connectivity index (χ0) is 22.5. The maximum absolute atomic E-state index is 13.0. The first-order valence-electron chi connectivity index (χ1n) is 9.27. The third kappa shape index (κ3) is 4.97. The second kappa shape index (κ2) is 9.52. The number of hydrogen-bond donors (Lipinski definition) is 0. The number of ether oxygens (including phenoxy) is 1. The SMILES string of the molecule is CSc1ccc(C(=O)c2ccccc2C(=O)OCc2nc(C(C)C)no2)cc1[N+](=O)[O-]. The summed E-state index contributed by atoms with van der Waals surface area (Å²) < 4.78 is 10.3. The molecule has 10 heteroatoms. The van der Waals surface area contributed by atoms with Crippen LogP contribution in [-0.2, 0) is 11.3 Å². The number of aromatic nitrogens is 2. The number of benzene rings is 2. The molecule has 9 nitrogen and oxygen atoms in total. The van der Waals surface area contributed by atoms with Crippen LogP contribution >= 0.6 is 11.8 Å². The Hall–Kier alpha value is -3.53. The number of nitro benzene ring substituents is 1. The van der Waals surface area contributed by atoms with Gasteiger partial charge in [-0.3, -0.25) is 14.9 Å². The van der Waals surface area contributed by atoms with E-state index in [0.29, 0.717) is 10.7 Å². The van der Waals surface area contributed by atoms with Gasteiger partial charge in [0.1, 0.15) is 0 Å². The number of rotatable bonds is 8. The summed E-state index contributed by atoms with van der Waals surface area (Å²) in [5, 5.41) is 15.1. The van der Waals surface area contributed by atoms with Crippen LogP contribution in [0, 0.1) is 10.1 Å². The molecule has 0 saturated heterocycles. The van der Waals surface area contributed by atoms with E-state index in [4.69, 9.17) is 9.26 Å². The first-order valence-corrected chi connectivity index (χ1v) is 10.5. The van der Waals surface area contributed by atoms with Crippen LogP contribution in [0.1, 0.15) is 57.8 Å². The third-order valence-corrected chi connectivity index (χ3v) is 5.14. The van der Waals surface area contributed by atoms with Crippen molar-refractivity contribution >= 4 is 29.2 Å². The van der Waals surface area contributed by atoms with E-state index < -0.39 is 16.7 Å². The Morgan fingerprint density at radius 3 is 2.52 bits per heavy atom. The molecule has 0 fully saturated rings. The van der Waals surface area contributed by atoms with Gasteiger partial charge in [0.05, 0.1) is 15.4 Å². The number of hydrogen-bond acceptors (Lipinski definition) is 9. The number of carbonyl (C=O) groups is 2. The predicted octanol–water partition coefficient (Wildman–Crippen LogP) is 4.41. The molecule has 3 aromatic rings. The Morgan fingerprint density at radius 1 is 1.19 bits per heavy atom. The number of thioether (sulfide) groups is 1. The minimum Gasteiger partial charge on any atom is -0.452 e. The molecule has 0 spiro atoms. The van der Waals surface area contributed by atoms with Gasteiger partial charge in [-0.2, -0.15) is 4.98 Å². The molecule has 0 radical (unpaired) electrons. The van der Waals surface area contributed by atoms with Crippen LogP contribution < -0.4 is 0 Å². The summed E-state index contributed by atoms with van der Waals surface area (Å²) in [7, 11) is 0. The van der Waals surface area contributed by atoms with Crippen molar-refractivity contribution in [1.29, 1.82) is 0 Å². The molecule has 0 unspecified atom stereocenters. The number of nitrogens with zero attached hydrogens (tertiary/aromatic N) is 3. The molecular weight excluding hydrogens is 422 g/mol. The van der Waals surface area contributed by atoms with Crippen molar-refractivity contribution in [1.82, 2.24) is 10.1 Å². The van der Waals surface area contributed by atoms with Gasteiger partial charge >= 0.3 is 5.97 Å². The minimum atomic E-state index is -0.747. The fourth-order valence-electron chi connectivity index (χ4n) is 2.75. The topological polar surface area (TPSA) is 125 Å². The van der Waals surface area contributed by atoms with E-state index in [2.05, 4.69) is 10.1 Å². The minimum absolute atomic E-state index is 0.0349. The molecule has 3 rings (SSSR count). The highest BCUT2D eigenvalue weighted by molar-refractivity contribution is 7.98. The van der Waals surface area contributed by atoms with Crippen LogP contribution in [0.5, 0.6) is 0 Å². The van der Waals surface area contributed by atoms with Gasteiger partial charge in [0.25, 0.3) is 11.6 Å². The van der Waals surface area contributed by atoms with Gasteiger partial charge in [0, 0.05) is 23.1 Å². The van der Waals surface area contributed by atoms with Gasteiger partial charge in [-0.15, -0.1) is 11.8 Å². The van der Waals surface area contributed by atoms with E-state index in [1.807, 2.05) is 13.8 Å². The first-order chi connectivity index (χ1) is 14.8. The molecule has 0 N–H and O–H groups in total. The summed E-state index contributed by atoms with van der Waals surface area (Å²) in [4.78, 5) is 41.0. The van der Waals surface area contributed by atoms with Crippen LogP contribution in [0.2, 0.25) is 0 Å². The average molecular weight is 441 g/mol. The highest BCUT2D eigenvalue weighted by Gasteiger charge is 2.23. The largest absolute Gasteiger partial charge is 0.452 e. The average Bonchev–Trinajstić information content (AvgIpc) is 3.26. The second-order valence-electron chi connectivity index (χ2n) is 6.80. The van der Waals surface area contributed by atoms with E-state index in [1.54, 1.807) is 18.4 Å². The lowest BCUT2D eigenvalue weighted by Crippen LogP contribution is -2.13. The summed E-state index contributed by atoms with van der Waals surface area (Å²) >= 11 is 1.21. The van der Waals surface area contributed by atoms with Gasteiger partial charge in [-0.05, 0) is 24.5 Å². The molecule has 0 aliphatic heterocycles. The summed E-state index contributed by atoms with van der Waals surface area (Å²) in [5.41, 5.74) is 0.0405. The van der Waals surface area contributed by atoms with E-state index in [-0.39, 0.29) is 40.8 Å². The smallest absolute Gasteiger partial charge is 0.339 e. The van der Waals surface area contributed by atoms with E-state index in [1.165, 1.54) is 42.1 Å². The molecule has 1 heterocycles. The van der Waals surface area contributed by atoms with E-state index >= 15 is 0 Å². The van der Waals surface area contributed by atoms with Crippen LogP contribution in [0.25, 0.3) is 0 Å². The molecular formula is C21H19N3O6S. The zero-order valence-corrected chi connectivity index (χ0v) is 17.8. The summed E-state index contributed by atoms with van der Waals surface area (Å²) in [6.07, 6.45) is 1.71. The molecule has 0 aliphatic rings. The second-order valence-corrected chi connectivity index (χ2v) is 7.64. The van der Waals surface area contributed by atoms with Crippen molar-refractivity contribution in [2.45, 2.75) is 31.3 Å². The van der Waals surface area contributed by atoms with Crippen molar-refractivity contribution in [3.8, 4) is 0 Å². The van der Waals surface area contributed by atoms with E-state index in [9.17, 15) is 19.7 Å². The summed E-state index contributed by atoms with van der Waals surface area (Å²) in [6.45, 7) is 3.56. The van der Waals surface area contributed by atoms with Gasteiger partial charge in [0.15, 0.2) is 18.2 Å². The molecule has 0 atom stereocenters. The monoisotopic (exact) mass is 441 g/mol. The Kier molecular flexibility index (Phi) is 6.81. The van der Waals surface area contributed by atoms with Crippen molar-refractivity contribution in [3.05, 3.63) is 81.0 Å². The standard InChI is InChI=1S/C21H19N3O6S/c1-12(2)20-22-18(30-23-20)11-29-21(26)15-7-5-4-6-14(15)19(25)13-8-9-17(31-3)16(10-13)24(27)28/h4-10,12H,11H2,1-3H3. The van der Waals surface area contributed by atoms with Crippen molar-refractivity contribution in [2.24, 2.45) is 0 Å². The van der Waals surface area contributed by atoms with Gasteiger partial charge < -0.3 is 9.26 Å². The lowest BCUT2D eigenvalue weighted by atomic mass is 9.98. The van der Waals surface area contributed by atoms with Gasteiger partial charge in [0.2, 0.25) is 0 Å². The van der Waals surface area contributed by atoms with Crippen LogP contribution in [0.3, 0.4) is 0 Å². The summed E-state index contributed by atoms with van der Waals surface area (Å²) in [5.74, 6) is -0.569. The highest BCUT2D eigenvalue weighted by Crippen LogP contribution is 2.29. The summed E-state index contributed by atoms with van der Waals surface area (Å²) in [6, 6.07) is 10.3. The van der Waals surface area contributed by atoms with Crippen LogP contribution in [-0.4, -0.2) is 33.1 Å². The highest BCUT2D eigenvalue weighted by atomic mass is 32.2. The Morgan fingerprint density at radius 2 is 1.90 bits per heavy atom. The maximum Gasteiger partial charge on any atom is 0.339 e. The normalized spacial score (nSPS) is 10.8. The molecule has 0 bridgehead atoms. The maximum atomic E-state index is 13.0. The Labute approximate surface area is 181 Å². The molecule has 0 amide bonds. The number of esters is 1. The number of carbonyl (C=O) groups excluding carboxylic acids is 2. The number of ketones is 1. The van der Waals surface area contributed by atoms with Crippen LogP contribution in [0.15, 0.2) is 51.9 Å². The molecule has 2 aromatic carbocycles. The lowest BCUT2D eigenvalue weighted by Gasteiger charge is -2.09. The molecule has 31 heavy (non-hydrogen) atoms. The fraction of sp³-hybridized carbons (Fsp3) is 0.238. The molecule has 160 valence electrons. The number of nitro groups is 1. The van der Waals surface area contributed by atoms with Crippen LogP contribution in [0.4, 0.5) is 5.69 Å². The molecule has 0 aliphatic carbocycles. The first kappa shape index (κ1) is 22.2. The van der Waals surface area contributed by atoms with Gasteiger partial charge in [-0.1, -0.05) is 37.2 Å². The zero-order valence-electron chi connectivity index (χ0n) is 17.0. The van der Waals surface area contributed by atoms with Crippen molar-refractivity contribution in [2.75, 3.05) is 6.26 Å². The van der Waals surface area contributed by atoms with E-state index in [0.717, 1.165) is 0 Å². The van der Waals surface area contributed by atoms with Gasteiger partial charge in [-0.25, -0.2) is 4.79 Å². The fourth-order valence-corrected chi connectivity index (χ4v) is 3.30. The van der Waals surface area contributed by atoms with Crippen molar-refractivity contribution in [3.63, 3.8) is 0 Å².